The minimum atomic E-state index is -2.42. The van der Waals surface area contributed by atoms with Crippen molar-refractivity contribution in [3.63, 3.8) is 0 Å². The third-order valence-corrected chi connectivity index (χ3v) is 3.98. The molecule has 2 aromatic carbocycles. The van der Waals surface area contributed by atoms with Crippen molar-refractivity contribution in [1.29, 1.82) is 0 Å². The molecule has 20 heavy (non-hydrogen) atoms. The van der Waals surface area contributed by atoms with Gasteiger partial charge in [0.15, 0.2) is 0 Å². The summed E-state index contributed by atoms with van der Waals surface area (Å²) in [6.07, 6.45) is -1.64. The Morgan fingerprint density at radius 2 is 1.75 bits per heavy atom. The molecule has 104 valence electrons. The Labute approximate surface area is 121 Å². The van der Waals surface area contributed by atoms with Crippen molar-refractivity contribution < 1.29 is 8.78 Å². The average Bonchev–Trinajstić information content (AvgIpc) is 2.46. The Morgan fingerprint density at radius 1 is 1.05 bits per heavy atom. The van der Waals surface area contributed by atoms with Gasteiger partial charge >= 0.3 is 0 Å². The largest absolute Gasteiger partial charge is 0.359 e. The molecule has 0 N–H and O–H groups in total. The van der Waals surface area contributed by atoms with E-state index in [1.54, 1.807) is 35.2 Å². The molecule has 1 atom stereocenters. The fourth-order valence-corrected chi connectivity index (χ4v) is 2.92. The number of hydrogen-bond donors (Lipinski definition) is 0. The van der Waals surface area contributed by atoms with Crippen LogP contribution in [0.15, 0.2) is 48.5 Å². The summed E-state index contributed by atoms with van der Waals surface area (Å²) in [5, 5.41) is 0.611. The molecule has 0 aliphatic carbocycles. The zero-order chi connectivity index (χ0) is 14.1. The van der Waals surface area contributed by atoms with Gasteiger partial charge in [-0.05, 0) is 41.8 Å². The third-order valence-electron chi connectivity index (χ3n) is 3.73. The molecule has 2 aromatic rings. The summed E-state index contributed by atoms with van der Waals surface area (Å²) in [6, 6.07) is 13.6. The van der Waals surface area contributed by atoms with E-state index in [-0.39, 0.29) is 0 Å². The second-order valence-corrected chi connectivity index (χ2v) is 5.33. The highest BCUT2D eigenvalue weighted by Gasteiger charge is 2.34. The monoisotopic (exact) mass is 293 g/mol. The van der Waals surface area contributed by atoms with Crippen LogP contribution in [0.5, 0.6) is 0 Å². The standard InChI is InChI=1S/C16H14ClF2N/c17-12-5-7-13(8-6-12)20-10-9-11-3-1-2-4-14(11)15(20)16(18)19/h1-8,15-16H,9-10H2. The normalized spacial score (nSPS) is 18.2. The number of hydrogen-bond acceptors (Lipinski definition) is 1. The first-order chi connectivity index (χ1) is 9.66. The first kappa shape index (κ1) is 13.4. The molecule has 1 aliphatic rings. The minimum Gasteiger partial charge on any atom is -0.359 e. The summed E-state index contributed by atoms with van der Waals surface area (Å²) >= 11 is 5.86. The summed E-state index contributed by atoms with van der Waals surface area (Å²) in [6.45, 7) is 0.591. The van der Waals surface area contributed by atoms with E-state index < -0.39 is 12.5 Å². The highest BCUT2D eigenvalue weighted by molar-refractivity contribution is 6.30. The summed E-state index contributed by atoms with van der Waals surface area (Å²) in [7, 11) is 0. The molecule has 0 radical (unpaired) electrons. The van der Waals surface area contributed by atoms with Crippen molar-refractivity contribution in [3.8, 4) is 0 Å². The van der Waals surface area contributed by atoms with Crippen LogP contribution in [0.4, 0.5) is 14.5 Å². The van der Waals surface area contributed by atoms with Crippen LogP contribution in [0.25, 0.3) is 0 Å². The molecule has 1 unspecified atom stereocenters. The van der Waals surface area contributed by atoms with E-state index in [1.807, 2.05) is 18.2 Å². The van der Waals surface area contributed by atoms with Gasteiger partial charge in [-0.25, -0.2) is 8.78 Å². The number of halogens is 3. The van der Waals surface area contributed by atoms with Gasteiger partial charge in [-0.3, -0.25) is 0 Å². The molecule has 4 heteroatoms. The molecule has 0 aromatic heterocycles. The van der Waals surface area contributed by atoms with E-state index in [0.29, 0.717) is 11.6 Å². The average molecular weight is 294 g/mol. The Morgan fingerprint density at radius 3 is 2.45 bits per heavy atom. The quantitative estimate of drug-likeness (QED) is 0.775. The summed E-state index contributed by atoms with van der Waals surface area (Å²) in [4.78, 5) is 1.77. The number of anilines is 1. The Bertz CT molecular complexity index is 598. The van der Waals surface area contributed by atoms with Crippen LogP contribution in [-0.2, 0) is 6.42 Å². The topological polar surface area (TPSA) is 3.24 Å². The van der Waals surface area contributed by atoms with E-state index in [9.17, 15) is 8.78 Å². The molecule has 0 saturated carbocycles. The molecule has 0 fully saturated rings. The van der Waals surface area contributed by atoms with Crippen molar-refractivity contribution >= 4 is 17.3 Å². The zero-order valence-electron chi connectivity index (χ0n) is 10.8. The molecule has 0 saturated heterocycles. The second kappa shape index (κ2) is 5.41. The molecule has 3 rings (SSSR count). The molecule has 0 bridgehead atoms. The van der Waals surface area contributed by atoms with Crippen molar-refractivity contribution in [3.05, 3.63) is 64.7 Å². The van der Waals surface area contributed by atoms with Crippen molar-refractivity contribution in [2.75, 3.05) is 11.4 Å². The van der Waals surface area contributed by atoms with Crippen molar-refractivity contribution in [2.24, 2.45) is 0 Å². The fourth-order valence-electron chi connectivity index (χ4n) is 2.79. The maximum atomic E-state index is 13.5. The van der Waals surface area contributed by atoms with Gasteiger partial charge in [-0.15, -0.1) is 0 Å². The van der Waals surface area contributed by atoms with Crippen LogP contribution >= 0.6 is 11.6 Å². The summed E-state index contributed by atoms with van der Waals surface area (Å²) < 4.78 is 27.1. The predicted molar refractivity (Wildman–Crippen MR) is 77.7 cm³/mol. The third kappa shape index (κ3) is 2.38. The second-order valence-electron chi connectivity index (χ2n) is 4.90. The van der Waals surface area contributed by atoms with Crippen LogP contribution in [0.3, 0.4) is 0 Å². The predicted octanol–water partition coefficient (Wildman–Crippen LogP) is 4.71. The summed E-state index contributed by atoms with van der Waals surface area (Å²) in [5.41, 5.74) is 2.53. The maximum Gasteiger partial charge on any atom is 0.262 e. The maximum absolute atomic E-state index is 13.5. The van der Waals surface area contributed by atoms with Gasteiger partial charge < -0.3 is 4.90 Å². The first-order valence-corrected chi connectivity index (χ1v) is 6.93. The van der Waals surface area contributed by atoms with Gasteiger partial charge in [0.1, 0.15) is 6.04 Å². The van der Waals surface area contributed by atoms with Crippen LogP contribution in [-0.4, -0.2) is 13.0 Å². The molecular formula is C16H14ClF2N. The smallest absolute Gasteiger partial charge is 0.262 e. The van der Waals surface area contributed by atoms with Crippen molar-refractivity contribution in [1.82, 2.24) is 0 Å². The lowest BCUT2D eigenvalue weighted by Gasteiger charge is -2.38. The van der Waals surface area contributed by atoms with E-state index in [1.165, 1.54) is 0 Å². The number of fused-ring (bicyclic) bond motifs is 1. The van der Waals surface area contributed by atoms with Gasteiger partial charge in [0, 0.05) is 17.3 Å². The Kier molecular flexibility index (Phi) is 3.62. The fraction of sp³-hybridized carbons (Fsp3) is 0.250. The molecule has 1 aliphatic heterocycles. The van der Waals surface area contributed by atoms with Crippen LogP contribution in [0.1, 0.15) is 17.2 Å². The van der Waals surface area contributed by atoms with E-state index >= 15 is 0 Å². The SMILES string of the molecule is FC(F)C1c2ccccc2CCN1c1ccc(Cl)cc1. The molecule has 0 spiro atoms. The van der Waals surface area contributed by atoms with Crippen LogP contribution in [0, 0.1) is 0 Å². The molecule has 1 heterocycles. The number of alkyl halides is 2. The number of rotatable bonds is 2. The lowest BCUT2D eigenvalue weighted by atomic mass is 9.92. The molecule has 0 amide bonds. The molecular weight excluding hydrogens is 280 g/mol. The van der Waals surface area contributed by atoms with E-state index in [2.05, 4.69) is 0 Å². The number of benzene rings is 2. The van der Waals surface area contributed by atoms with Crippen molar-refractivity contribution in [2.45, 2.75) is 18.9 Å². The van der Waals surface area contributed by atoms with Gasteiger partial charge in [0.05, 0.1) is 0 Å². The number of nitrogens with zero attached hydrogens (tertiary/aromatic N) is 1. The minimum absolute atomic E-state index is 0.591. The Hall–Kier alpha value is -1.61. The van der Waals surface area contributed by atoms with Gasteiger partial charge in [-0.1, -0.05) is 35.9 Å². The van der Waals surface area contributed by atoms with Gasteiger partial charge in [-0.2, -0.15) is 0 Å². The molecule has 1 nitrogen and oxygen atoms in total. The van der Waals surface area contributed by atoms with E-state index in [4.69, 9.17) is 11.6 Å². The van der Waals surface area contributed by atoms with E-state index in [0.717, 1.165) is 23.2 Å². The first-order valence-electron chi connectivity index (χ1n) is 6.55. The van der Waals surface area contributed by atoms with Gasteiger partial charge in [0.25, 0.3) is 6.43 Å². The lowest BCUT2D eigenvalue weighted by Crippen LogP contribution is -2.39. The highest BCUT2D eigenvalue weighted by Crippen LogP contribution is 2.37. The van der Waals surface area contributed by atoms with Gasteiger partial charge in [0.2, 0.25) is 0 Å². The lowest BCUT2D eigenvalue weighted by molar-refractivity contribution is 0.109. The Balaban J connectivity index is 2.02. The highest BCUT2D eigenvalue weighted by atomic mass is 35.5. The van der Waals surface area contributed by atoms with Crippen LogP contribution < -0.4 is 4.90 Å². The van der Waals surface area contributed by atoms with Crippen LogP contribution in [0.2, 0.25) is 5.02 Å². The summed E-state index contributed by atoms with van der Waals surface area (Å²) in [5.74, 6) is 0. The zero-order valence-corrected chi connectivity index (χ0v) is 11.5.